The number of nitrogens with zero attached hydrogens (tertiary/aromatic N) is 2. The molecule has 2 aliphatic heterocycles. The molecule has 0 saturated carbocycles. The molecular formula is C39H67N3O10. The maximum absolute atomic E-state index is 13.7. The van der Waals surface area contributed by atoms with Crippen LogP contribution in [0.15, 0.2) is 30.3 Å². The summed E-state index contributed by atoms with van der Waals surface area (Å²) in [7, 11) is 3.48. The Labute approximate surface area is 310 Å². The second-order valence-corrected chi connectivity index (χ2v) is 16.2. The standard InChI is InChI=1S/C39H67N3O10/c1-13-30-39(10,48)33(44)27(8)40-21-23(4)20-38(9,47)34(25(6)31(43)26(7)35(45)51-30)52-36-32(50-28-17-15-14-16-18-28)29(19-24(5)49-36)42(12)37(46)41(11)22(2)3/h14-18,22-27,29-34,36,40,43-44,47-48H,13,19-21H2,1-12H3/t23-,24-,25+,26-,27-,29+,30-,31+,32-,33-,34-,36+,38-,39-/m1/s1. The van der Waals surface area contributed by atoms with Crippen LogP contribution in [-0.2, 0) is 19.0 Å². The highest BCUT2D eigenvalue weighted by atomic mass is 16.7. The molecule has 13 heteroatoms. The van der Waals surface area contributed by atoms with Gasteiger partial charge in [-0.3, -0.25) is 4.79 Å². The molecule has 2 fully saturated rings. The zero-order valence-electron chi connectivity index (χ0n) is 33.4. The number of aliphatic hydroxyl groups excluding tert-OH is 2. The minimum Gasteiger partial charge on any atom is -0.483 e. The van der Waals surface area contributed by atoms with Crippen LogP contribution in [-0.4, -0.2) is 135 Å². The Morgan fingerprint density at radius 2 is 1.67 bits per heavy atom. The van der Waals surface area contributed by atoms with Gasteiger partial charge in [0.05, 0.1) is 35.9 Å². The van der Waals surface area contributed by atoms with Crippen molar-refractivity contribution < 1.29 is 49.0 Å². The number of hydrogen-bond donors (Lipinski definition) is 5. The number of cyclic esters (lactones) is 1. The highest BCUT2D eigenvalue weighted by Crippen LogP contribution is 2.37. The minimum atomic E-state index is -1.79. The molecule has 1 aromatic carbocycles. The Bertz CT molecular complexity index is 1280. The molecule has 3 rings (SSSR count). The first kappa shape index (κ1) is 43.9. The van der Waals surface area contributed by atoms with Crippen molar-refractivity contribution in [3.05, 3.63) is 30.3 Å². The van der Waals surface area contributed by atoms with Crippen molar-refractivity contribution in [1.29, 1.82) is 0 Å². The zero-order chi connectivity index (χ0) is 39.3. The van der Waals surface area contributed by atoms with Gasteiger partial charge in [-0.2, -0.15) is 0 Å². The first-order valence-corrected chi connectivity index (χ1v) is 18.9. The molecule has 2 aliphatic rings. The molecule has 14 atom stereocenters. The SMILES string of the molecule is CC[C@H]1OC(=O)[C@H](C)[C@@H](O)[C@H](C)[C@@H](O[C@@H]2O[C@H](C)C[C@H](N(C)C(=O)N(C)C(C)C)[C@H]2Oc2ccccc2)[C@](C)(O)C[C@@H](C)CN[C@H](C)[C@@H](O)[C@]1(C)O. The van der Waals surface area contributed by atoms with Gasteiger partial charge in [-0.1, -0.05) is 39.0 Å². The molecule has 5 N–H and O–H groups in total. The number of carbonyl (C=O) groups is 2. The fraction of sp³-hybridized carbons (Fsp3) is 0.795. The molecule has 0 bridgehead atoms. The molecule has 2 heterocycles. The third-order valence-electron chi connectivity index (χ3n) is 11.2. The molecule has 298 valence electrons. The van der Waals surface area contributed by atoms with Crippen LogP contribution in [0.3, 0.4) is 0 Å². The van der Waals surface area contributed by atoms with Crippen molar-refractivity contribution in [3.8, 4) is 5.75 Å². The van der Waals surface area contributed by atoms with Gasteiger partial charge >= 0.3 is 12.0 Å². The predicted octanol–water partition coefficient (Wildman–Crippen LogP) is 3.55. The Morgan fingerprint density at radius 1 is 1.06 bits per heavy atom. The van der Waals surface area contributed by atoms with Gasteiger partial charge in [0.2, 0.25) is 0 Å². The predicted molar refractivity (Wildman–Crippen MR) is 198 cm³/mol. The van der Waals surface area contributed by atoms with Crippen LogP contribution < -0.4 is 10.1 Å². The van der Waals surface area contributed by atoms with E-state index in [1.165, 1.54) is 13.8 Å². The van der Waals surface area contributed by atoms with Gasteiger partial charge in [-0.05, 0) is 92.3 Å². The lowest BCUT2D eigenvalue weighted by Crippen LogP contribution is -2.62. The number of aliphatic hydroxyl groups is 4. The molecule has 2 amide bonds. The van der Waals surface area contributed by atoms with Crippen LogP contribution in [0.1, 0.15) is 88.5 Å². The molecule has 0 aliphatic carbocycles. The zero-order valence-corrected chi connectivity index (χ0v) is 33.4. The van der Waals surface area contributed by atoms with Crippen LogP contribution in [0.5, 0.6) is 5.75 Å². The van der Waals surface area contributed by atoms with Crippen LogP contribution in [0.2, 0.25) is 0 Å². The number of hydrogen-bond acceptors (Lipinski definition) is 11. The monoisotopic (exact) mass is 737 g/mol. The summed E-state index contributed by atoms with van der Waals surface area (Å²) < 4.78 is 25.6. The number of urea groups is 1. The van der Waals surface area contributed by atoms with Gasteiger partial charge in [-0.25, -0.2) is 4.79 Å². The first-order valence-electron chi connectivity index (χ1n) is 18.9. The lowest BCUT2D eigenvalue weighted by Gasteiger charge is -2.48. The number of carbonyl (C=O) groups excluding carboxylic acids is 2. The number of benzene rings is 1. The van der Waals surface area contributed by atoms with E-state index in [2.05, 4.69) is 5.32 Å². The molecule has 0 aromatic heterocycles. The normalized spacial score (nSPS) is 39.9. The van der Waals surface area contributed by atoms with Crippen molar-refractivity contribution in [2.75, 3.05) is 20.6 Å². The van der Waals surface area contributed by atoms with E-state index in [4.69, 9.17) is 18.9 Å². The number of amides is 2. The summed E-state index contributed by atoms with van der Waals surface area (Å²) in [6.07, 6.45) is -6.26. The van der Waals surface area contributed by atoms with Gasteiger partial charge in [-0.15, -0.1) is 0 Å². The van der Waals surface area contributed by atoms with Crippen LogP contribution in [0.25, 0.3) is 0 Å². The van der Waals surface area contributed by atoms with E-state index in [1.54, 1.807) is 51.6 Å². The largest absolute Gasteiger partial charge is 0.483 e. The smallest absolute Gasteiger partial charge is 0.320 e. The quantitative estimate of drug-likeness (QED) is 0.260. The molecular weight excluding hydrogens is 670 g/mol. The number of esters is 1. The van der Waals surface area contributed by atoms with Gasteiger partial charge < -0.3 is 54.5 Å². The van der Waals surface area contributed by atoms with Crippen LogP contribution in [0.4, 0.5) is 4.79 Å². The summed E-state index contributed by atoms with van der Waals surface area (Å²) >= 11 is 0. The van der Waals surface area contributed by atoms with Crippen molar-refractivity contribution in [2.24, 2.45) is 17.8 Å². The first-order chi connectivity index (χ1) is 24.1. The van der Waals surface area contributed by atoms with Crippen LogP contribution in [0, 0.1) is 17.8 Å². The number of para-hydroxylation sites is 1. The number of likely N-dealkylation sites (N-methyl/N-ethyl adjacent to an activating group) is 1. The van der Waals surface area contributed by atoms with Gasteiger partial charge in [0.25, 0.3) is 0 Å². The highest BCUT2D eigenvalue weighted by molar-refractivity contribution is 5.74. The molecule has 2 saturated heterocycles. The summed E-state index contributed by atoms with van der Waals surface area (Å²) in [4.78, 5) is 30.5. The van der Waals surface area contributed by atoms with Gasteiger partial charge in [0, 0.05) is 32.1 Å². The maximum Gasteiger partial charge on any atom is 0.320 e. The van der Waals surface area contributed by atoms with Crippen LogP contribution >= 0.6 is 0 Å². The molecule has 0 unspecified atom stereocenters. The third-order valence-corrected chi connectivity index (χ3v) is 11.2. The van der Waals surface area contributed by atoms with E-state index in [-0.39, 0.29) is 36.9 Å². The third kappa shape index (κ3) is 10.4. The minimum absolute atomic E-state index is 0.0469. The van der Waals surface area contributed by atoms with E-state index >= 15 is 0 Å². The van der Waals surface area contributed by atoms with E-state index in [9.17, 15) is 30.0 Å². The Kier molecular flexibility index (Phi) is 15.4. The van der Waals surface area contributed by atoms with E-state index < -0.39 is 77.9 Å². The van der Waals surface area contributed by atoms with E-state index in [0.717, 1.165) is 0 Å². The van der Waals surface area contributed by atoms with E-state index in [1.807, 2.05) is 58.0 Å². The summed E-state index contributed by atoms with van der Waals surface area (Å²) in [5, 5.41) is 49.9. The molecule has 0 radical (unpaired) electrons. The summed E-state index contributed by atoms with van der Waals surface area (Å²) in [6, 6.07) is 7.84. The molecule has 13 nitrogen and oxygen atoms in total. The molecule has 0 spiro atoms. The Morgan fingerprint density at radius 3 is 2.25 bits per heavy atom. The lowest BCUT2D eigenvalue weighted by molar-refractivity contribution is -0.294. The lowest BCUT2D eigenvalue weighted by atomic mass is 9.78. The topological polar surface area (TPSA) is 170 Å². The number of rotatable bonds is 7. The number of nitrogens with one attached hydrogen (secondary N) is 1. The summed E-state index contributed by atoms with van der Waals surface area (Å²) in [6.45, 7) is 17.9. The van der Waals surface area contributed by atoms with Crippen molar-refractivity contribution in [3.63, 3.8) is 0 Å². The highest BCUT2D eigenvalue weighted by Gasteiger charge is 2.51. The fourth-order valence-corrected chi connectivity index (χ4v) is 7.62. The molecule has 52 heavy (non-hydrogen) atoms. The average Bonchev–Trinajstić information content (AvgIpc) is 3.09. The summed E-state index contributed by atoms with van der Waals surface area (Å²) in [5.74, 6) is -2.34. The number of ether oxygens (including phenoxy) is 4. The van der Waals surface area contributed by atoms with Gasteiger partial charge in [0.15, 0.2) is 12.4 Å². The van der Waals surface area contributed by atoms with Crippen molar-refractivity contribution in [2.45, 2.75) is 161 Å². The summed E-state index contributed by atoms with van der Waals surface area (Å²) in [5.41, 5.74) is -3.37. The fourth-order valence-electron chi connectivity index (χ4n) is 7.62. The van der Waals surface area contributed by atoms with Gasteiger partial charge in [0.1, 0.15) is 23.6 Å². The molecule has 1 aromatic rings. The maximum atomic E-state index is 13.7. The average molecular weight is 738 g/mol. The Balaban J connectivity index is 2.09. The second kappa shape index (κ2) is 18.2. The van der Waals surface area contributed by atoms with Crippen molar-refractivity contribution in [1.82, 2.24) is 15.1 Å². The Hall–Kier alpha value is -2.52. The van der Waals surface area contributed by atoms with E-state index in [0.29, 0.717) is 18.7 Å². The van der Waals surface area contributed by atoms with Crippen molar-refractivity contribution >= 4 is 12.0 Å². The second-order valence-electron chi connectivity index (χ2n) is 16.2.